The van der Waals surface area contributed by atoms with Crippen molar-refractivity contribution >= 4 is 8.05 Å². The highest BCUT2D eigenvalue weighted by Crippen LogP contribution is 1.98. The van der Waals surface area contributed by atoms with Crippen LogP contribution in [0.25, 0.3) is 0 Å². The van der Waals surface area contributed by atoms with Gasteiger partial charge in [-0.25, -0.2) is 0 Å². The zero-order valence-electron chi connectivity index (χ0n) is 5.87. The number of aryl methyl sites for hydroxylation is 1. The van der Waals surface area contributed by atoms with Crippen LogP contribution in [-0.2, 0) is 11.3 Å². The predicted octanol–water partition coefficient (Wildman–Crippen LogP) is 0.990. The average molecular weight is 133 g/mol. The van der Waals surface area contributed by atoms with Gasteiger partial charge in [0.2, 0.25) is 0 Å². The molecule has 10 heavy (non-hydrogen) atoms. The van der Waals surface area contributed by atoms with Crippen LogP contribution in [-0.4, -0.2) is 13.0 Å². The van der Waals surface area contributed by atoms with Crippen LogP contribution in [0.5, 0.6) is 0 Å². The SMILES string of the molecule is [B]OCc1cccc(C)n1. The second-order valence-corrected chi connectivity index (χ2v) is 2.08. The Morgan fingerprint density at radius 2 is 2.40 bits per heavy atom. The van der Waals surface area contributed by atoms with Gasteiger partial charge in [-0.3, -0.25) is 4.98 Å². The Hall–Kier alpha value is -0.825. The number of aromatic nitrogens is 1. The first-order valence-electron chi connectivity index (χ1n) is 3.07. The summed E-state index contributed by atoms with van der Waals surface area (Å²) in [7, 11) is 4.87. The van der Waals surface area contributed by atoms with Crippen LogP contribution in [0, 0.1) is 6.92 Å². The highest BCUT2D eigenvalue weighted by Gasteiger charge is 1.90. The van der Waals surface area contributed by atoms with E-state index in [2.05, 4.69) is 9.64 Å². The Balaban J connectivity index is 2.75. The van der Waals surface area contributed by atoms with Crippen LogP contribution in [0.3, 0.4) is 0 Å². The minimum Gasteiger partial charge on any atom is -0.442 e. The van der Waals surface area contributed by atoms with E-state index in [0.717, 1.165) is 11.4 Å². The van der Waals surface area contributed by atoms with Crippen LogP contribution >= 0.6 is 0 Å². The van der Waals surface area contributed by atoms with Crippen molar-refractivity contribution in [1.29, 1.82) is 0 Å². The maximum Gasteiger partial charge on any atom is 0.283 e. The fraction of sp³-hybridized carbons (Fsp3) is 0.286. The smallest absolute Gasteiger partial charge is 0.283 e. The molecule has 0 aromatic carbocycles. The Bertz CT molecular complexity index is 215. The van der Waals surface area contributed by atoms with E-state index in [1.54, 1.807) is 0 Å². The molecule has 3 heteroatoms. The summed E-state index contributed by atoms with van der Waals surface area (Å²) in [6, 6.07) is 5.73. The Kier molecular flexibility index (Phi) is 2.45. The summed E-state index contributed by atoms with van der Waals surface area (Å²) in [6.07, 6.45) is 0. The molecular weight excluding hydrogens is 125 g/mol. The molecule has 0 fully saturated rings. The molecule has 0 unspecified atom stereocenters. The molecule has 0 amide bonds. The summed E-state index contributed by atoms with van der Waals surface area (Å²) < 4.78 is 4.42. The van der Waals surface area contributed by atoms with E-state index in [-0.39, 0.29) is 0 Å². The molecule has 1 heterocycles. The number of nitrogens with zero attached hydrogens (tertiary/aromatic N) is 1. The predicted molar refractivity (Wildman–Crippen MR) is 39.5 cm³/mol. The summed E-state index contributed by atoms with van der Waals surface area (Å²) in [5.74, 6) is 0. The lowest BCUT2D eigenvalue weighted by molar-refractivity contribution is 0.332. The zero-order valence-corrected chi connectivity index (χ0v) is 5.87. The van der Waals surface area contributed by atoms with Crippen molar-refractivity contribution in [3.05, 3.63) is 29.6 Å². The average Bonchev–Trinajstić information content (AvgIpc) is 1.88. The van der Waals surface area contributed by atoms with Gasteiger partial charge in [0.1, 0.15) is 0 Å². The second-order valence-electron chi connectivity index (χ2n) is 2.08. The third kappa shape index (κ3) is 1.85. The summed E-state index contributed by atoms with van der Waals surface area (Å²) in [4.78, 5) is 4.16. The van der Waals surface area contributed by atoms with Crippen molar-refractivity contribution in [2.24, 2.45) is 0 Å². The number of hydrogen-bond acceptors (Lipinski definition) is 2. The van der Waals surface area contributed by atoms with Crippen LogP contribution in [0.1, 0.15) is 11.4 Å². The maximum absolute atomic E-state index is 4.87. The molecule has 0 aliphatic heterocycles. The first kappa shape index (κ1) is 7.28. The lowest BCUT2D eigenvalue weighted by atomic mass is 10.3. The third-order valence-electron chi connectivity index (χ3n) is 1.18. The Morgan fingerprint density at radius 1 is 1.60 bits per heavy atom. The first-order valence-corrected chi connectivity index (χ1v) is 3.07. The van der Waals surface area contributed by atoms with E-state index in [4.69, 9.17) is 8.05 Å². The van der Waals surface area contributed by atoms with Crippen molar-refractivity contribution in [2.45, 2.75) is 13.5 Å². The normalized spacial score (nSPS) is 9.70. The minimum atomic E-state index is 0.377. The fourth-order valence-electron chi connectivity index (χ4n) is 0.765. The van der Waals surface area contributed by atoms with Crippen molar-refractivity contribution in [2.75, 3.05) is 0 Å². The Labute approximate surface area is 61.7 Å². The zero-order chi connectivity index (χ0) is 7.40. The Morgan fingerprint density at radius 3 is 3.00 bits per heavy atom. The molecule has 0 spiro atoms. The molecule has 0 N–H and O–H groups in total. The van der Waals surface area contributed by atoms with E-state index in [1.807, 2.05) is 25.1 Å². The maximum atomic E-state index is 4.87. The molecule has 1 aromatic heterocycles. The first-order chi connectivity index (χ1) is 4.83. The number of hydrogen-bond donors (Lipinski definition) is 0. The van der Waals surface area contributed by atoms with Gasteiger partial charge >= 0.3 is 0 Å². The van der Waals surface area contributed by atoms with Gasteiger partial charge < -0.3 is 4.65 Å². The quantitative estimate of drug-likeness (QED) is 0.561. The van der Waals surface area contributed by atoms with Gasteiger partial charge in [0.05, 0.1) is 12.3 Å². The number of pyridine rings is 1. The van der Waals surface area contributed by atoms with E-state index in [1.165, 1.54) is 0 Å². The molecule has 0 saturated carbocycles. The molecule has 0 saturated heterocycles. The molecule has 1 rings (SSSR count). The minimum absolute atomic E-state index is 0.377. The summed E-state index contributed by atoms with van der Waals surface area (Å²) in [5, 5.41) is 0. The molecule has 0 bridgehead atoms. The van der Waals surface area contributed by atoms with Gasteiger partial charge in [-0.1, -0.05) is 6.07 Å². The fourth-order valence-corrected chi connectivity index (χ4v) is 0.765. The van der Waals surface area contributed by atoms with Gasteiger partial charge in [0.25, 0.3) is 8.05 Å². The van der Waals surface area contributed by atoms with Gasteiger partial charge in [0, 0.05) is 5.69 Å². The van der Waals surface area contributed by atoms with E-state index in [9.17, 15) is 0 Å². The van der Waals surface area contributed by atoms with E-state index < -0.39 is 0 Å². The largest absolute Gasteiger partial charge is 0.442 e. The van der Waals surface area contributed by atoms with Crippen molar-refractivity contribution in [3.63, 3.8) is 0 Å². The lowest BCUT2D eigenvalue weighted by Crippen LogP contribution is -1.93. The summed E-state index contributed by atoms with van der Waals surface area (Å²) in [5.41, 5.74) is 1.84. The lowest BCUT2D eigenvalue weighted by Gasteiger charge is -1.98. The molecule has 50 valence electrons. The molecule has 2 radical (unpaired) electrons. The molecule has 2 nitrogen and oxygen atoms in total. The summed E-state index contributed by atoms with van der Waals surface area (Å²) >= 11 is 0. The summed E-state index contributed by atoms with van der Waals surface area (Å²) in [6.45, 7) is 2.31. The second kappa shape index (κ2) is 3.37. The highest BCUT2D eigenvalue weighted by atomic mass is 16.4. The van der Waals surface area contributed by atoms with Crippen LogP contribution in [0.2, 0.25) is 0 Å². The van der Waals surface area contributed by atoms with Crippen molar-refractivity contribution < 1.29 is 4.65 Å². The molecule has 0 aliphatic carbocycles. The third-order valence-corrected chi connectivity index (χ3v) is 1.18. The highest BCUT2D eigenvalue weighted by molar-refractivity contribution is 5.97. The molecule has 0 atom stereocenters. The van der Waals surface area contributed by atoms with E-state index >= 15 is 0 Å². The van der Waals surface area contributed by atoms with Crippen molar-refractivity contribution in [3.8, 4) is 0 Å². The van der Waals surface area contributed by atoms with Crippen LogP contribution in [0.4, 0.5) is 0 Å². The van der Waals surface area contributed by atoms with E-state index in [0.29, 0.717) is 6.61 Å². The van der Waals surface area contributed by atoms with Gasteiger partial charge in [-0.15, -0.1) is 0 Å². The van der Waals surface area contributed by atoms with Crippen LogP contribution < -0.4 is 0 Å². The monoisotopic (exact) mass is 133 g/mol. The number of rotatable bonds is 2. The topological polar surface area (TPSA) is 22.1 Å². The van der Waals surface area contributed by atoms with Crippen LogP contribution in [0.15, 0.2) is 18.2 Å². The standard InChI is InChI=1S/C7H8BNO/c1-6-3-2-4-7(9-6)5-10-8/h2-4H,5H2,1H3. The van der Waals surface area contributed by atoms with Crippen molar-refractivity contribution in [1.82, 2.24) is 4.98 Å². The van der Waals surface area contributed by atoms with Gasteiger partial charge in [-0.2, -0.15) is 0 Å². The molecular formula is C7H8BNO. The van der Waals surface area contributed by atoms with Gasteiger partial charge in [-0.05, 0) is 19.1 Å². The molecule has 0 aliphatic rings. The molecule has 1 aromatic rings. The van der Waals surface area contributed by atoms with Gasteiger partial charge in [0.15, 0.2) is 0 Å².